The van der Waals surface area contributed by atoms with E-state index in [1.54, 1.807) is 0 Å². The molecule has 0 spiro atoms. The van der Waals surface area contributed by atoms with Crippen LogP contribution in [-0.4, -0.2) is 25.5 Å². The van der Waals surface area contributed by atoms with Gasteiger partial charge in [-0.1, -0.05) is 6.07 Å². The Labute approximate surface area is 115 Å². The summed E-state index contributed by atoms with van der Waals surface area (Å²) in [7, 11) is 0. The van der Waals surface area contributed by atoms with Crippen LogP contribution in [0.3, 0.4) is 0 Å². The number of carbonyl (C=O) groups excluding carboxylic acids is 1. The predicted molar refractivity (Wildman–Crippen MR) is 79.6 cm³/mol. The van der Waals surface area contributed by atoms with Gasteiger partial charge in [-0.05, 0) is 56.5 Å². The van der Waals surface area contributed by atoms with Crippen molar-refractivity contribution >= 4 is 17.3 Å². The quantitative estimate of drug-likeness (QED) is 0.780. The number of nitrogens with one attached hydrogen (secondary N) is 3. The smallest absolute Gasteiger partial charge is 0.221 e. The molecule has 3 N–H and O–H groups in total. The van der Waals surface area contributed by atoms with E-state index < -0.39 is 0 Å². The van der Waals surface area contributed by atoms with E-state index in [-0.39, 0.29) is 5.91 Å². The first kappa shape index (κ1) is 13.9. The van der Waals surface area contributed by atoms with Crippen molar-refractivity contribution in [2.45, 2.75) is 26.7 Å². The third-order valence-electron chi connectivity index (χ3n) is 3.54. The second-order valence-corrected chi connectivity index (χ2v) is 5.30. The Kier molecular flexibility index (Phi) is 4.80. The number of piperidine rings is 1. The van der Waals surface area contributed by atoms with Gasteiger partial charge in [0.2, 0.25) is 5.91 Å². The Bertz CT molecular complexity index is 439. The summed E-state index contributed by atoms with van der Waals surface area (Å²) in [4.78, 5) is 11.1. The van der Waals surface area contributed by atoms with E-state index in [9.17, 15) is 4.79 Å². The van der Waals surface area contributed by atoms with Crippen LogP contribution in [0.1, 0.15) is 25.3 Å². The zero-order valence-electron chi connectivity index (χ0n) is 11.8. The Balaban J connectivity index is 1.94. The fourth-order valence-corrected chi connectivity index (χ4v) is 2.42. The zero-order valence-corrected chi connectivity index (χ0v) is 11.8. The van der Waals surface area contributed by atoms with E-state index >= 15 is 0 Å². The topological polar surface area (TPSA) is 53.2 Å². The van der Waals surface area contributed by atoms with E-state index in [1.165, 1.54) is 19.8 Å². The van der Waals surface area contributed by atoms with Gasteiger partial charge in [-0.15, -0.1) is 0 Å². The van der Waals surface area contributed by atoms with Gasteiger partial charge in [0.15, 0.2) is 0 Å². The number of hydrogen-bond acceptors (Lipinski definition) is 3. The molecule has 1 heterocycles. The lowest BCUT2D eigenvalue weighted by Gasteiger charge is -2.23. The van der Waals surface area contributed by atoms with Crippen molar-refractivity contribution in [3.63, 3.8) is 0 Å². The summed E-state index contributed by atoms with van der Waals surface area (Å²) in [5, 5.41) is 9.74. The molecular formula is C15H23N3O. The number of rotatable bonds is 4. The molecule has 2 rings (SSSR count). The second kappa shape index (κ2) is 6.57. The molecule has 0 aliphatic carbocycles. The Morgan fingerprint density at radius 3 is 3.00 bits per heavy atom. The van der Waals surface area contributed by atoms with Gasteiger partial charge in [-0.2, -0.15) is 0 Å². The summed E-state index contributed by atoms with van der Waals surface area (Å²) in [6.45, 7) is 6.76. The summed E-state index contributed by atoms with van der Waals surface area (Å²) in [5.74, 6) is 0.663. The summed E-state index contributed by atoms with van der Waals surface area (Å²) >= 11 is 0. The van der Waals surface area contributed by atoms with Crippen LogP contribution in [0, 0.1) is 12.8 Å². The van der Waals surface area contributed by atoms with Crippen molar-refractivity contribution < 1.29 is 4.79 Å². The molecule has 1 aliphatic rings. The highest BCUT2D eigenvalue weighted by molar-refractivity contribution is 5.90. The Morgan fingerprint density at radius 2 is 2.32 bits per heavy atom. The van der Waals surface area contributed by atoms with Crippen molar-refractivity contribution in [1.29, 1.82) is 0 Å². The fourth-order valence-electron chi connectivity index (χ4n) is 2.42. The molecule has 1 aromatic carbocycles. The van der Waals surface area contributed by atoms with E-state index in [0.29, 0.717) is 5.92 Å². The van der Waals surface area contributed by atoms with Crippen LogP contribution >= 0.6 is 0 Å². The van der Waals surface area contributed by atoms with Gasteiger partial charge < -0.3 is 16.0 Å². The summed E-state index contributed by atoms with van der Waals surface area (Å²) in [6, 6.07) is 6.11. The molecule has 0 saturated carbocycles. The molecule has 1 fully saturated rings. The Morgan fingerprint density at radius 1 is 1.47 bits per heavy atom. The average molecular weight is 261 g/mol. The van der Waals surface area contributed by atoms with Crippen molar-refractivity contribution in [2.24, 2.45) is 5.92 Å². The van der Waals surface area contributed by atoms with Crippen LogP contribution in [-0.2, 0) is 4.79 Å². The molecule has 4 heteroatoms. The molecule has 0 aromatic heterocycles. The molecule has 1 saturated heterocycles. The molecule has 0 radical (unpaired) electrons. The lowest BCUT2D eigenvalue weighted by atomic mass is 9.99. The lowest BCUT2D eigenvalue weighted by molar-refractivity contribution is -0.114. The van der Waals surface area contributed by atoms with E-state index in [0.717, 1.165) is 36.6 Å². The van der Waals surface area contributed by atoms with Crippen LogP contribution in [0.4, 0.5) is 11.4 Å². The van der Waals surface area contributed by atoms with Gasteiger partial charge in [-0.25, -0.2) is 0 Å². The highest BCUT2D eigenvalue weighted by Gasteiger charge is 2.12. The first-order valence-electron chi connectivity index (χ1n) is 6.98. The number of hydrogen-bond donors (Lipinski definition) is 3. The second-order valence-electron chi connectivity index (χ2n) is 5.30. The van der Waals surface area contributed by atoms with Gasteiger partial charge in [0.05, 0.1) is 0 Å². The molecule has 4 nitrogen and oxygen atoms in total. The van der Waals surface area contributed by atoms with E-state index in [1.807, 2.05) is 19.1 Å². The first-order chi connectivity index (χ1) is 9.15. The zero-order chi connectivity index (χ0) is 13.7. The van der Waals surface area contributed by atoms with Crippen molar-refractivity contribution in [2.75, 3.05) is 30.3 Å². The SMILES string of the molecule is CC(=O)Nc1cc(NCC2CCCNC2)ccc1C. The molecule has 19 heavy (non-hydrogen) atoms. The van der Waals surface area contributed by atoms with Crippen molar-refractivity contribution in [3.8, 4) is 0 Å². The molecule has 1 aliphatic heterocycles. The first-order valence-corrected chi connectivity index (χ1v) is 6.98. The fraction of sp³-hybridized carbons (Fsp3) is 0.533. The number of benzene rings is 1. The van der Waals surface area contributed by atoms with Gasteiger partial charge in [-0.3, -0.25) is 4.79 Å². The minimum atomic E-state index is -0.0308. The van der Waals surface area contributed by atoms with Crippen LogP contribution in [0.5, 0.6) is 0 Å². The monoisotopic (exact) mass is 261 g/mol. The number of anilines is 2. The van der Waals surface area contributed by atoms with E-state index in [2.05, 4.69) is 22.0 Å². The van der Waals surface area contributed by atoms with Gasteiger partial charge >= 0.3 is 0 Å². The van der Waals surface area contributed by atoms with E-state index in [4.69, 9.17) is 0 Å². The molecule has 1 amide bonds. The van der Waals surface area contributed by atoms with Crippen molar-refractivity contribution in [1.82, 2.24) is 5.32 Å². The lowest BCUT2D eigenvalue weighted by Crippen LogP contribution is -2.33. The molecule has 104 valence electrons. The van der Waals surface area contributed by atoms with Gasteiger partial charge in [0, 0.05) is 24.8 Å². The third kappa shape index (κ3) is 4.24. The van der Waals surface area contributed by atoms with Crippen LogP contribution in [0.2, 0.25) is 0 Å². The Hall–Kier alpha value is -1.55. The standard InChI is InChI=1S/C15H23N3O/c1-11-5-6-14(8-15(11)18-12(2)19)17-10-13-4-3-7-16-9-13/h5-6,8,13,16-17H,3-4,7,9-10H2,1-2H3,(H,18,19). The number of amides is 1. The summed E-state index contributed by atoms with van der Waals surface area (Å²) < 4.78 is 0. The van der Waals surface area contributed by atoms with Crippen LogP contribution < -0.4 is 16.0 Å². The largest absolute Gasteiger partial charge is 0.385 e. The highest BCUT2D eigenvalue weighted by Crippen LogP contribution is 2.21. The maximum atomic E-state index is 11.1. The maximum Gasteiger partial charge on any atom is 0.221 e. The minimum Gasteiger partial charge on any atom is -0.385 e. The maximum absolute atomic E-state index is 11.1. The third-order valence-corrected chi connectivity index (χ3v) is 3.54. The molecule has 0 bridgehead atoms. The van der Waals surface area contributed by atoms with Gasteiger partial charge in [0.25, 0.3) is 0 Å². The summed E-state index contributed by atoms with van der Waals surface area (Å²) in [6.07, 6.45) is 2.54. The molecule has 1 aromatic rings. The van der Waals surface area contributed by atoms with Crippen LogP contribution in [0.25, 0.3) is 0 Å². The van der Waals surface area contributed by atoms with Crippen molar-refractivity contribution in [3.05, 3.63) is 23.8 Å². The minimum absolute atomic E-state index is 0.0308. The van der Waals surface area contributed by atoms with Crippen LogP contribution in [0.15, 0.2) is 18.2 Å². The molecule has 1 unspecified atom stereocenters. The average Bonchev–Trinajstić information content (AvgIpc) is 2.40. The summed E-state index contributed by atoms with van der Waals surface area (Å²) in [5.41, 5.74) is 3.04. The molecular weight excluding hydrogens is 238 g/mol. The normalized spacial score (nSPS) is 18.9. The van der Waals surface area contributed by atoms with Gasteiger partial charge in [0.1, 0.15) is 0 Å². The number of carbonyl (C=O) groups is 1. The highest BCUT2D eigenvalue weighted by atomic mass is 16.1. The molecule has 1 atom stereocenters. The predicted octanol–water partition coefficient (Wildman–Crippen LogP) is 2.36. The number of aryl methyl sites for hydroxylation is 1.